The fraction of sp³-hybridized carbons (Fsp3) is 0.364. The summed E-state index contributed by atoms with van der Waals surface area (Å²) in [6.45, 7) is 3.50. The van der Waals surface area contributed by atoms with Crippen molar-refractivity contribution in [2.24, 2.45) is 5.92 Å². The number of hydrogen-bond acceptors (Lipinski definition) is 5. The Hall–Kier alpha value is -2.86. The molecule has 3 saturated heterocycles. The Bertz CT molecular complexity index is 992. The van der Waals surface area contributed by atoms with Crippen molar-refractivity contribution in [2.45, 2.75) is 25.4 Å². The van der Waals surface area contributed by atoms with E-state index < -0.39 is 0 Å². The van der Waals surface area contributed by atoms with Crippen LogP contribution in [0.25, 0.3) is 11.0 Å². The largest absolute Gasteiger partial charge is 0.337 e. The smallest absolute Gasteiger partial charge is 0.253 e. The molecule has 5 heterocycles. The lowest BCUT2D eigenvalue weighted by Gasteiger charge is -2.35. The summed E-state index contributed by atoms with van der Waals surface area (Å²) in [7, 11) is 0. The SMILES string of the molecule is O=C(c1ccc2nccnc2c1)N1C[C@H]2CC[C@@H](C1)N(Cc1ccccn1)C2. The van der Waals surface area contributed by atoms with Gasteiger partial charge in [-0.3, -0.25) is 24.6 Å². The number of rotatable bonds is 3. The van der Waals surface area contributed by atoms with Gasteiger partial charge in [0.05, 0.1) is 16.7 Å². The van der Waals surface area contributed by atoms with Crippen molar-refractivity contribution < 1.29 is 4.79 Å². The minimum atomic E-state index is 0.101. The zero-order valence-corrected chi connectivity index (χ0v) is 15.7. The van der Waals surface area contributed by atoms with E-state index in [-0.39, 0.29) is 5.91 Å². The van der Waals surface area contributed by atoms with Crippen LogP contribution in [0.5, 0.6) is 0 Å². The van der Waals surface area contributed by atoms with E-state index in [1.807, 2.05) is 41.4 Å². The summed E-state index contributed by atoms with van der Waals surface area (Å²) >= 11 is 0. The molecular formula is C22H23N5O. The summed E-state index contributed by atoms with van der Waals surface area (Å²) in [6.07, 6.45) is 7.52. The average Bonchev–Trinajstić information content (AvgIpc) is 3.05. The monoisotopic (exact) mass is 373 g/mol. The fourth-order valence-electron chi connectivity index (χ4n) is 4.52. The van der Waals surface area contributed by atoms with E-state index in [4.69, 9.17) is 0 Å². The predicted molar refractivity (Wildman–Crippen MR) is 107 cm³/mol. The fourth-order valence-corrected chi connectivity index (χ4v) is 4.52. The number of carbonyl (C=O) groups excluding carboxylic acids is 1. The molecule has 0 saturated carbocycles. The highest BCUT2D eigenvalue weighted by atomic mass is 16.2. The van der Waals surface area contributed by atoms with Crippen LogP contribution in [-0.4, -0.2) is 56.3 Å². The van der Waals surface area contributed by atoms with Gasteiger partial charge in [0.15, 0.2) is 0 Å². The molecule has 1 aromatic carbocycles. The molecule has 0 unspecified atom stereocenters. The molecule has 1 amide bonds. The van der Waals surface area contributed by atoms with Crippen LogP contribution in [-0.2, 0) is 6.54 Å². The molecule has 6 heteroatoms. The summed E-state index contributed by atoms with van der Waals surface area (Å²) in [4.78, 5) is 30.9. The summed E-state index contributed by atoms with van der Waals surface area (Å²) in [6, 6.07) is 12.1. The molecule has 3 aromatic rings. The average molecular weight is 373 g/mol. The van der Waals surface area contributed by atoms with Crippen molar-refractivity contribution in [2.75, 3.05) is 19.6 Å². The first-order valence-electron chi connectivity index (χ1n) is 9.90. The van der Waals surface area contributed by atoms with Gasteiger partial charge in [-0.15, -0.1) is 0 Å². The summed E-state index contributed by atoms with van der Waals surface area (Å²) < 4.78 is 0. The Morgan fingerprint density at radius 3 is 2.68 bits per heavy atom. The molecule has 2 aromatic heterocycles. The van der Waals surface area contributed by atoms with E-state index in [0.717, 1.165) is 49.3 Å². The van der Waals surface area contributed by atoms with Crippen LogP contribution in [0.3, 0.4) is 0 Å². The van der Waals surface area contributed by atoms with Crippen LogP contribution >= 0.6 is 0 Å². The molecule has 3 aliphatic rings. The van der Waals surface area contributed by atoms with Gasteiger partial charge in [0.2, 0.25) is 0 Å². The maximum atomic E-state index is 13.2. The first-order valence-corrected chi connectivity index (χ1v) is 9.90. The third kappa shape index (κ3) is 3.36. The van der Waals surface area contributed by atoms with Gasteiger partial charge in [-0.25, -0.2) is 0 Å². The van der Waals surface area contributed by atoms with Gasteiger partial charge >= 0.3 is 0 Å². The van der Waals surface area contributed by atoms with Gasteiger partial charge in [0.25, 0.3) is 5.91 Å². The van der Waals surface area contributed by atoms with Crippen LogP contribution < -0.4 is 0 Å². The molecule has 3 aliphatic heterocycles. The maximum Gasteiger partial charge on any atom is 0.253 e. The van der Waals surface area contributed by atoms with Gasteiger partial charge in [-0.1, -0.05) is 6.07 Å². The Morgan fingerprint density at radius 1 is 0.929 bits per heavy atom. The standard InChI is InChI=1S/C22H23N5O/c28-22(17-5-7-20-21(11-17)25-10-9-24-20)27-13-16-4-6-19(15-27)26(12-16)14-18-3-1-2-8-23-18/h1-3,5,7-11,16,19H,4,6,12-15H2/t16-,19-/m0/s1. The summed E-state index contributed by atoms with van der Waals surface area (Å²) in [5, 5.41) is 0. The second kappa shape index (κ2) is 7.28. The molecular weight excluding hydrogens is 350 g/mol. The number of fused-ring (bicyclic) bond motifs is 5. The second-order valence-corrected chi connectivity index (χ2v) is 7.82. The lowest BCUT2D eigenvalue weighted by molar-refractivity contribution is 0.0735. The van der Waals surface area contributed by atoms with Crippen molar-refractivity contribution in [1.29, 1.82) is 0 Å². The number of nitrogens with zero attached hydrogens (tertiary/aromatic N) is 5. The zero-order chi connectivity index (χ0) is 18.9. The maximum absolute atomic E-state index is 13.2. The van der Waals surface area contributed by atoms with Crippen LogP contribution in [0.1, 0.15) is 28.9 Å². The molecule has 0 radical (unpaired) electrons. The minimum Gasteiger partial charge on any atom is -0.337 e. The highest BCUT2D eigenvalue weighted by Crippen LogP contribution is 2.30. The van der Waals surface area contributed by atoms with E-state index in [2.05, 4.69) is 25.9 Å². The van der Waals surface area contributed by atoms with Gasteiger partial charge < -0.3 is 4.90 Å². The summed E-state index contributed by atoms with van der Waals surface area (Å²) in [5.41, 5.74) is 3.38. The number of aromatic nitrogens is 3. The highest BCUT2D eigenvalue weighted by molar-refractivity contribution is 5.97. The number of hydrogen-bond donors (Lipinski definition) is 0. The van der Waals surface area contributed by atoms with E-state index in [1.165, 1.54) is 6.42 Å². The molecule has 28 heavy (non-hydrogen) atoms. The van der Waals surface area contributed by atoms with Crippen molar-refractivity contribution in [3.8, 4) is 0 Å². The number of amides is 1. The Labute approximate surface area is 164 Å². The van der Waals surface area contributed by atoms with Crippen molar-refractivity contribution in [3.63, 3.8) is 0 Å². The first kappa shape index (κ1) is 17.3. The quantitative estimate of drug-likeness (QED) is 0.706. The van der Waals surface area contributed by atoms with Crippen molar-refractivity contribution in [3.05, 3.63) is 66.2 Å². The molecule has 6 rings (SSSR count). The lowest BCUT2D eigenvalue weighted by atomic mass is 9.95. The summed E-state index contributed by atoms with van der Waals surface area (Å²) in [5.74, 6) is 0.621. The van der Waals surface area contributed by atoms with Gasteiger partial charge in [-0.2, -0.15) is 0 Å². The predicted octanol–water partition coefficient (Wildman–Crippen LogP) is 2.76. The van der Waals surface area contributed by atoms with Crippen LogP contribution in [0.2, 0.25) is 0 Å². The second-order valence-electron chi connectivity index (χ2n) is 7.82. The molecule has 2 atom stereocenters. The Morgan fingerprint density at radius 2 is 1.82 bits per heavy atom. The number of pyridine rings is 1. The van der Waals surface area contributed by atoms with Gasteiger partial charge in [0.1, 0.15) is 0 Å². The Balaban J connectivity index is 1.35. The highest BCUT2D eigenvalue weighted by Gasteiger charge is 2.36. The van der Waals surface area contributed by atoms with Crippen LogP contribution in [0.15, 0.2) is 55.0 Å². The van der Waals surface area contributed by atoms with Crippen molar-refractivity contribution in [1.82, 2.24) is 24.8 Å². The molecule has 142 valence electrons. The first-order chi connectivity index (χ1) is 13.8. The normalized spacial score (nSPS) is 22.4. The molecule has 0 spiro atoms. The minimum absolute atomic E-state index is 0.101. The van der Waals surface area contributed by atoms with Gasteiger partial charge in [0, 0.05) is 56.4 Å². The molecule has 3 fully saturated rings. The number of piperidine rings is 1. The Kier molecular flexibility index (Phi) is 4.49. The van der Waals surface area contributed by atoms with E-state index in [0.29, 0.717) is 17.5 Å². The number of carbonyl (C=O) groups is 1. The molecule has 2 bridgehead atoms. The van der Waals surface area contributed by atoms with Crippen LogP contribution in [0.4, 0.5) is 0 Å². The molecule has 0 aliphatic carbocycles. The van der Waals surface area contributed by atoms with Crippen LogP contribution in [0, 0.1) is 5.92 Å². The molecule has 0 N–H and O–H groups in total. The van der Waals surface area contributed by atoms with E-state index in [1.54, 1.807) is 12.4 Å². The number of benzene rings is 1. The van der Waals surface area contributed by atoms with Crippen molar-refractivity contribution >= 4 is 16.9 Å². The van der Waals surface area contributed by atoms with E-state index in [9.17, 15) is 4.79 Å². The van der Waals surface area contributed by atoms with E-state index >= 15 is 0 Å². The zero-order valence-electron chi connectivity index (χ0n) is 15.7. The third-order valence-electron chi connectivity index (χ3n) is 5.92. The topological polar surface area (TPSA) is 62.2 Å². The molecule has 6 nitrogen and oxygen atoms in total. The lowest BCUT2D eigenvalue weighted by Crippen LogP contribution is -2.44. The third-order valence-corrected chi connectivity index (χ3v) is 5.92. The van der Waals surface area contributed by atoms with Gasteiger partial charge in [-0.05, 0) is 49.1 Å².